The molecule has 0 radical (unpaired) electrons. The molecule has 0 aliphatic rings. The van der Waals surface area contributed by atoms with E-state index in [2.05, 4.69) is 25.6 Å². The van der Waals surface area contributed by atoms with Crippen molar-refractivity contribution in [3.05, 3.63) is 18.2 Å². The lowest BCUT2D eigenvalue weighted by molar-refractivity contribution is 0.603. The van der Waals surface area contributed by atoms with Crippen LogP contribution in [0.3, 0.4) is 0 Å². The minimum absolute atomic E-state index is 0.218. The van der Waals surface area contributed by atoms with Gasteiger partial charge in [-0.25, -0.2) is 19.0 Å². The Labute approximate surface area is 104 Å². The van der Waals surface area contributed by atoms with E-state index in [1.807, 2.05) is 13.8 Å². The lowest BCUT2D eigenvalue weighted by Gasteiger charge is -2.07. The molecule has 7 heteroatoms. The van der Waals surface area contributed by atoms with Crippen LogP contribution in [0.4, 0.5) is 10.3 Å². The van der Waals surface area contributed by atoms with Crippen LogP contribution in [0, 0.1) is 5.82 Å². The first-order valence-electron chi connectivity index (χ1n) is 5.91. The molecule has 18 heavy (non-hydrogen) atoms. The highest BCUT2D eigenvalue weighted by atomic mass is 19.1. The van der Waals surface area contributed by atoms with Crippen LogP contribution in [0.25, 0.3) is 11.4 Å². The molecule has 0 saturated heterocycles. The summed E-state index contributed by atoms with van der Waals surface area (Å²) >= 11 is 0. The normalized spacial score (nSPS) is 10.6. The highest BCUT2D eigenvalue weighted by Crippen LogP contribution is 2.19. The third-order valence-electron chi connectivity index (χ3n) is 2.44. The zero-order chi connectivity index (χ0) is 13.0. The number of rotatable bonds is 5. The summed E-state index contributed by atoms with van der Waals surface area (Å²) < 4.78 is 15.3. The van der Waals surface area contributed by atoms with Crippen molar-refractivity contribution >= 4 is 5.95 Å². The van der Waals surface area contributed by atoms with Gasteiger partial charge < -0.3 is 5.32 Å². The smallest absolute Gasteiger partial charge is 0.223 e. The van der Waals surface area contributed by atoms with Crippen LogP contribution in [-0.4, -0.2) is 31.5 Å². The van der Waals surface area contributed by atoms with Crippen molar-refractivity contribution in [1.29, 1.82) is 0 Å². The number of anilines is 1. The molecule has 96 valence electrons. The fourth-order valence-electron chi connectivity index (χ4n) is 1.54. The molecule has 2 heterocycles. The highest BCUT2D eigenvalue weighted by molar-refractivity contribution is 5.55. The van der Waals surface area contributed by atoms with Gasteiger partial charge in [0.2, 0.25) is 5.95 Å². The van der Waals surface area contributed by atoms with E-state index in [1.54, 1.807) is 4.68 Å². The number of hydrogen-bond acceptors (Lipinski definition) is 5. The Morgan fingerprint density at radius 3 is 2.89 bits per heavy atom. The maximum absolute atomic E-state index is 13.7. The van der Waals surface area contributed by atoms with E-state index in [-0.39, 0.29) is 5.69 Å². The van der Waals surface area contributed by atoms with Gasteiger partial charge in [-0.3, -0.25) is 0 Å². The van der Waals surface area contributed by atoms with Gasteiger partial charge in [-0.1, -0.05) is 12.1 Å². The molecule has 0 aliphatic carbocycles. The second kappa shape index (κ2) is 5.52. The van der Waals surface area contributed by atoms with Crippen LogP contribution < -0.4 is 5.32 Å². The number of aryl methyl sites for hydroxylation is 1. The van der Waals surface area contributed by atoms with Crippen molar-refractivity contribution < 1.29 is 4.39 Å². The van der Waals surface area contributed by atoms with E-state index < -0.39 is 5.82 Å². The largest absolute Gasteiger partial charge is 0.354 e. The molecule has 0 aliphatic heterocycles. The zero-order valence-electron chi connectivity index (χ0n) is 10.4. The van der Waals surface area contributed by atoms with Gasteiger partial charge in [-0.05, 0) is 13.3 Å². The molecule has 0 unspecified atom stereocenters. The van der Waals surface area contributed by atoms with E-state index in [9.17, 15) is 4.39 Å². The Hall–Kier alpha value is -2.05. The van der Waals surface area contributed by atoms with Crippen molar-refractivity contribution in [1.82, 2.24) is 25.0 Å². The van der Waals surface area contributed by atoms with Crippen LogP contribution in [-0.2, 0) is 6.54 Å². The van der Waals surface area contributed by atoms with Gasteiger partial charge in [-0.15, -0.1) is 5.10 Å². The molecule has 2 aromatic rings. The maximum Gasteiger partial charge on any atom is 0.223 e. The molecule has 0 amide bonds. The molecule has 0 bridgehead atoms. The van der Waals surface area contributed by atoms with Crippen molar-refractivity contribution in [3.63, 3.8) is 0 Å². The van der Waals surface area contributed by atoms with Gasteiger partial charge in [0, 0.05) is 13.1 Å². The van der Waals surface area contributed by atoms with E-state index in [0.717, 1.165) is 19.2 Å². The molecule has 0 aromatic carbocycles. The van der Waals surface area contributed by atoms with Crippen molar-refractivity contribution in [2.24, 2.45) is 0 Å². The Balaban J connectivity index is 2.37. The van der Waals surface area contributed by atoms with E-state index in [0.29, 0.717) is 18.2 Å². The topological polar surface area (TPSA) is 68.5 Å². The fourth-order valence-corrected chi connectivity index (χ4v) is 1.54. The number of hydrogen-bond donors (Lipinski definition) is 1. The molecular weight excluding hydrogens is 235 g/mol. The predicted molar refractivity (Wildman–Crippen MR) is 65.5 cm³/mol. The van der Waals surface area contributed by atoms with E-state index in [1.165, 1.54) is 6.20 Å². The van der Waals surface area contributed by atoms with Gasteiger partial charge in [-0.2, -0.15) is 0 Å². The molecular formula is C11H15FN6. The third kappa shape index (κ3) is 2.44. The average molecular weight is 250 g/mol. The second-order valence-electron chi connectivity index (χ2n) is 3.75. The predicted octanol–water partition coefficient (Wildman–Crippen LogP) is 1.72. The summed E-state index contributed by atoms with van der Waals surface area (Å²) in [5.74, 6) is -0.0637. The molecule has 0 saturated carbocycles. The van der Waals surface area contributed by atoms with Gasteiger partial charge >= 0.3 is 0 Å². The number of nitrogens with zero attached hydrogens (tertiary/aromatic N) is 5. The van der Waals surface area contributed by atoms with Gasteiger partial charge in [0.1, 0.15) is 11.4 Å². The Kier molecular flexibility index (Phi) is 3.81. The minimum atomic E-state index is -0.478. The standard InChI is InChI=1S/C11H15FN6/c1-3-5-13-11-14-6-8(12)10(16-11)9-7-15-17-18(9)4-2/h6-7H,3-5H2,1-2H3,(H,13,14,16). The van der Waals surface area contributed by atoms with Crippen LogP contribution in [0.1, 0.15) is 20.3 Å². The molecule has 1 N–H and O–H groups in total. The lowest BCUT2D eigenvalue weighted by Crippen LogP contribution is -2.07. The van der Waals surface area contributed by atoms with E-state index in [4.69, 9.17) is 0 Å². The Morgan fingerprint density at radius 1 is 1.33 bits per heavy atom. The summed E-state index contributed by atoms with van der Waals surface area (Å²) in [5.41, 5.74) is 0.771. The first kappa shape index (κ1) is 12.4. The number of nitrogens with one attached hydrogen (secondary N) is 1. The van der Waals surface area contributed by atoms with Gasteiger partial charge in [0.15, 0.2) is 5.82 Å². The summed E-state index contributed by atoms with van der Waals surface area (Å²) in [6.45, 7) is 5.30. The Bertz CT molecular complexity index is 524. The molecule has 0 atom stereocenters. The molecule has 6 nitrogen and oxygen atoms in total. The van der Waals surface area contributed by atoms with Gasteiger partial charge in [0.25, 0.3) is 0 Å². The number of aromatic nitrogens is 5. The quantitative estimate of drug-likeness (QED) is 0.875. The van der Waals surface area contributed by atoms with Gasteiger partial charge in [0.05, 0.1) is 12.4 Å². The highest BCUT2D eigenvalue weighted by Gasteiger charge is 2.14. The van der Waals surface area contributed by atoms with Crippen LogP contribution in [0.5, 0.6) is 0 Å². The monoisotopic (exact) mass is 250 g/mol. The summed E-state index contributed by atoms with van der Waals surface area (Å²) in [5, 5.41) is 10.7. The zero-order valence-corrected chi connectivity index (χ0v) is 10.4. The summed E-state index contributed by atoms with van der Waals surface area (Å²) in [6.07, 6.45) is 3.61. The summed E-state index contributed by atoms with van der Waals surface area (Å²) in [7, 11) is 0. The van der Waals surface area contributed by atoms with Crippen molar-refractivity contribution in [2.75, 3.05) is 11.9 Å². The van der Waals surface area contributed by atoms with Crippen molar-refractivity contribution in [2.45, 2.75) is 26.8 Å². The molecule has 2 aromatic heterocycles. The maximum atomic E-state index is 13.7. The van der Waals surface area contributed by atoms with Crippen LogP contribution >= 0.6 is 0 Å². The lowest BCUT2D eigenvalue weighted by atomic mass is 10.3. The first-order chi connectivity index (χ1) is 8.76. The molecule has 0 fully saturated rings. The molecule has 2 rings (SSSR count). The molecule has 0 spiro atoms. The average Bonchev–Trinajstić information content (AvgIpc) is 2.86. The number of halogens is 1. The second-order valence-corrected chi connectivity index (χ2v) is 3.75. The fraction of sp³-hybridized carbons (Fsp3) is 0.455. The minimum Gasteiger partial charge on any atom is -0.354 e. The van der Waals surface area contributed by atoms with E-state index >= 15 is 0 Å². The SMILES string of the molecule is CCCNc1ncc(F)c(-c2cnnn2CC)n1. The Morgan fingerprint density at radius 2 is 2.17 bits per heavy atom. The van der Waals surface area contributed by atoms with Crippen LogP contribution in [0.2, 0.25) is 0 Å². The summed E-state index contributed by atoms with van der Waals surface area (Å²) in [4.78, 5) is 8.06. The first-order valence-corrected chi connectivity index (χ1v) is 5.91. The van der Waals surface area contributed by atoms with Crippen molar-refractivity contribution in [3.8, 4) is 11.4 Å². The summed E-state index contributed by atoms with van der Waals surface area (Å²) in [6, 6.07) is 0. The van der Waals surface area contributed by atoms with Crippen LogP contribution in [0.15, 0.2) is 12.4 Å². The third-order valence-corrected chi connectivity index (χ3v) is 2.44.